The maximum Gasteiger partial charge on any atom is 0.189 e. The molecule has 5 nitrogen and oxygen atoms in total. The summed E-state index contributed by atoms with van der Waals surface area (Å²) in [7, 11) is 0. The molecule has 11 heavy (non-hydrogen) atoms. The summed E-state index contributed by atoms with van der Waals surface area (Å²) >= 11 is 0. The summed E-state index contributed by atoms with van der Waals surface area (Å²) in [5, 5.41) is 9.73. The van der Waals surface area contributed by atoms with E-state index in [1.807, 2.05) is 13.8 Å². The minimum Gasteiger partial charge on any atom is -0.386 e. The van der Waals surface area contributed by atoms with Crippen molar-refractivity contribution >= 4 is 11.8 Å². The predicted octanol–water partition coefficient (Wildman–Crippen LogP) is -0.765. The van der Waals surface area contributed by atoms with Crippen LogP contribution in [0, 0.1) is 5.41 Å². The number of aliphatic imine (C=N–C) groups is 1. The van der Waals surface area contributed by atoms with Crippen molar-refractivity contribution in [2.45, 2.75) is 19.9 Å². The summed E-state index contributed by atoms with van der Waals surface area (Å²) in [6.07, 6.45) is 0. The third-order valence-corrected chi connectivity index (χ3v) is 0.856. The van der Waals surface area contributed by atoms with Crippen LogP contribution in [-0.2, 0) is 0 Å². The van der Waals surface area contributed by atoms with Crippen LogP contribution in [0.5, 0.6) is 0 Å². The van der Waals surface area contributed by atoms with Gasteiger partial charge in [-0.05, 0) is 13.8 Å². The number of nitrogens with two attached hydrogens (primary N) is 2. The number of amidine groups is 1. The lowest BCUT2D eigenvalue weighted by Crippen LogP contribution is -2.37. The minimum absolute atomic E-state index is 0.0125. The van der Waals surface area contributed by atoms with E-state index in [9.17, 15) is 0 Å². The molecule has 0 saturated carbocycles. The molecule has 0 aromatic carbocycles. The highest BCUT2D eigenvalue weighted by molar-refractivity contribution is 5.84. The van der Waals surface area contributed by atoms with Gasteiger partial charge in [-0.15, -0.1) is 0 Å². The van der Waals surface area contributed by atoms with Gasteiger partial charge in [0.05, 0.1) is 6.54 Å². The van der Waals surface area contributed by atoms with Crippen LogP contribution < -0.4 is 16.8 Å². The molecule has 0 aliphatic heterocycles. The molecule has 0 heterocycles. The molecule has 0 spiro atoms. The molecule has 0 saturated heterocycles. The average Bonchev–Trinajstić information content (AvgIpc) is 1.82. The van der Waals surface area contributed by atoms with Gasteiger partial charge in [0.2, 0.25) is 0 Å². The van der Waals surface area contributed by atoms with Crippen molar-refractivity contribution in [1.29, 1.82) is 5.41 Å². The zero-order valence-corrected chi connectivity index (χ0v) is 6.89. The molecule has 64 valence electrons. The Balaban J connectivity index is 3.72. The molecular weight excluding hydrogens is 142 g/mol. The largest absolute Gasteiger partial charge is 0.386 e. The standard InChI is InChI=1S/C6H15N5/c1-4(2)11-6(9)10-3-5(7)8/h4H,3H2,1-2H3,(H3,7,8)(H3,9,10,11). The molecule has 0 unspecified atom stereocenters. The summed E-state index contributed by atoms with van der Waals surface area (Å²) < 4.78 is 0. The van der Waals surface area contributed by atoms with Crippen molar-refractivity contribution < 1.29 is 0 Å². The number of hydrogen-bond acceptors (Lipinski definition) is 2. The maximum absolute atomic E-state index is 6.86. The third kappa shape index (κ3) is 6.63. The Labute approximate surface area is 66.4 Å². The second-order valence-corrected chi connectivity index (χ2v) is 2.53. The van der Waals surface area contributed by atoms with Crippen LogP contribution >= 0.6 is 0 Å². The molecular formula is C6H15N5. The highest BCUT2D eigenvalue weighted by atomic mass is 15.1. The topological polar surface area (TPSA) is 100 Å². The van der Waals surface area contributed by atoms with Crippen LogP contribution in [0.25, 0.3) is 0 Å². The Hall–Kier alpha value is -1.26. The highest BCUT2D eigenvalue weighted by Crippen LogP contribution is 1.75. The Bertz CT molecular complexity index is 160. The smallest absolute Gasteiger partial charge is 0.189 e. The summed E-state index contributed by atoms with van der Waals surface area (Å²) in [4.78, 5) is 3.80. The first-order valence-corrected chi connectivity index (χ1v) is 3.41. The lowest BCUT2D eigenvalue weighted by molar-refractivity contribution is 0.726. The van der Waals surface area contributed by atoms with Gasteiger partial charge in [-0.25, -0.2) is 4.99 Å². The third-order valence-electron chi connectivity index (χ3n) is 0.856. The lowest BCUT2D eigenvalue weighted by atomic mass is 10.4. The van der Waals surface area contributed by atoms with E-state index in [0.29, 0.717) is 5.96 Å². The molecule has 6 N–H and O–H groups in total. The van der Waals surface area contributed by atoms with Gasteiger partial charge >= 0.3 is 0 Å². The Morgan fingerprint density at radius 1 is 1.55 bits per heavy atom. The number of rotatable bonds is 3. The molecule has 5 heteroatoms. The van der Waals surface area contributed by atoms with Crippen molar-refractivity contribution in [3.63, 3.8) is 0 Å². The van der Waals surface area contributed by atoms with Crippen LogP contribution in [-0.4, -0.2) is 24.4 Å². The van der Waals surface area contributed by atoms with E-state index in [1.54, 1.807) is 0 Å². The first kappa shape index (κ1) is 9.74. The monoisotopic (exact) mass is 157 g/mol. The van der Waals surface area contributed by atoms with Crippen LogP contribution in [0.1, 0.15) is 13.8 Å². The summed E-state index contributed by atoms with van der Waals surface area (Å²) in [5.41, 5.74) is 10.5. The van der Waals surface area contributed by atoms with E-state index in [2.05, 4.69) is 10.3 Å². The lowest BCUT2D eigenvalue weighted by Gasteiger charge is -2.07. The zero-order valence-electron chi connectivity index (χ0n) is 6.89. The van der Waals surface area contributed by atoms with E-state index in [1.165, 1.54) is 0 Å². The number of hydrogen-bond donors (Lipinski definition) is 4. The molecule has 0 fully saturated rings. The van der Waals surface area contributed by atoms with E-state index < -0.39 is 0 Å². The van der Waals surface area contributed by atoms with Crippen molar-refractivity contribution in [3.05, 3.63) is 0 Å². The van der Waals surface area contributed by atoms with Gasteiger partial charge in [0, 0.05) is 6.04 Å². The molecule has 0 aromatic rings. The molecule has 0 aliphatic carbocycles. The maximum atomic E-state index is 6.86. The number of guanidine groups is 1. The molecule has 0 rings (SSSR count). The minimum atomic E-state index is 0.0125. The van der Waals surface area contributed by atoms with Gasteiger partial charge in [0.15, 0.2) is 5.96 Å². The van der Waals surface area contributed by atoms with Crippen LogP contribution in [0.3, 0.4) is 0 Å². The van der Waals surface area contributed by atoms with Crippen molar-refractivity contribution in [3.8, 4) is 0 Å². The molecule has 0 amide bonds. The molecule has 0 atom stereocenters. The Morgan fingerprint density at radius 2 is 2.09 bits per heavy atom. The summed E-state index contributed by atoms with van der Waals surface area (Å²) in [6.45, 7) is 4.07. The van der Waals surface area contributed by atoms with Gasteiger partial charge in [0.25, 0.3) is 0 Å². The summed E-state index contributed by atoms with van der Waals surface area (Å²) in [5.74, 6) is 0.341. The van der Waals surface area contributed by atoms with E-state index >= 15 is 0 Å². The van der Waals surface area contributed by atoms with Crippen molar-refractivity contribution in [2.24, 2.45) is 16.5 Å². The van der Waals surface area contributed by atoms with Gasteiger partial charge < -0.3 is 16.8 Å². The molecule has 0 bridgehead atoms. The average molecular weight is 157 g/mol. The van der Waals surface area contributed by atoms with Gasteiger partial charge in [-0.1, -0.05) is 0 Å². The summed E-state index contributed by atoms with van der Waals surface area (Å²) in [6, 6.07) is 0.255. The van der Waals surface area contributed by atoms with E-state index in [0.717, 1.165) is 0 Å². The second-order valence-electron chi connectivity index (χ2n) is 2.53. The molecule has 0 aromatic heterocycles. The number of nitrogens with zero attached hydrogens (tertiary/aromatic N) is 1. The van der Waals surface area contributed by atoms with E-state index in [4.69, 9.17) is 16.9 Å². The van der Waals surface area contributed by atoms with Gasteiger partial charge in [-0.3, -0.25) is 5.41 Å². The zero-order chi connectivity index (χ0) is 8.85. The Morgan fingerprint density at radius 3 is 2.45 bits per heavy atom. The fourth-order valence-corrected chi connectivity index (χ4v) is 0.512. The van der Waals surface area contributed by atoms with Crippen LogP contribution in [0.4, 0.5) is 0 Å². The fraction of sp³-hybridized carbons (Fsp3) is 0.667. The van der Waals surface area contributed by atoms with Gasteiger partial charge in [-0.2, -0.15) is 0 Å². The van der Waals surface area contributed by atoms with E-state index in [-0.39, 0.29) is 18.4 Å². The quantitative estimate of drug-likeness (QED) is 0.320. The van der Waals surface area contributed by atoms with Crippen LogP contribution in [0.2, 0.25) is 0 Å². The first-order valence-electron chi connectivity index (χ1n) is 3.41. The Kier molecular flexibility index (Phi) is 4.02. The normalized spacial score (nSPS) is 11.7. The van der Waals surface area contributed by atoms with Crippen molar-refractivity contribution in [2.75, 3.05) is 6.54 Å². The molecule has 0 aliphatic rings. The fourth-order valence-electron chi connectivity index (χ4n) is 0.512. The molecule has 0 radical (unpaired) electrons. The predicted molar refractivity (Wildman–Crippen MR) is 46.7 cm³/mol. The SMILES string of the molecule is CC(C)NC(N)=NCC(=N)N. The first-order chi connectivity index (χ1) is 5.02. The van der Waals surface area contributed by atoms with Crippen LogP contribution in [0.15, 0.2) is 4.99 Å². The van der Waals surface area contributed by atoms with Crippen molar-refractivity contribution in [1.82, 2.24) is 5.32 Å². The highest BCUT2D eigenvalue weighted by Gasteiger charge is 1.93. The number of nitrogens with one attached hydrogen (secondary N) is 2. The second kappa shape index (κ2) is 4.54. The van der Waals surface area contributed by atoms with Gasteiger partial charge in [0.1, 0.15) is 5.84 Å².